The molecular formula is C13H16N2S. The minimum Gasteiger partial charge on any atom is -0.328 e. The predicted octanol–water partition coefficient (Wildman–Crippen LogP) is 3.85. The Bertz CT molecular complexity index is 474. The SMILES string of the molecule is CSc1ccccc1-c1nccn1C(C)C. The van der Waals surface area contributed by atoms with Crippen molar-refractivity contribution in [3.63, 3.8) is 0 Å². The number of imidazole rings is 1. The van der Waals surface area contributed by atoms with Crippen LogP contribution in [0.1, 0.15) is 19.9 Å². The Kier molecular flexibility index (Phi) is 3.34. The Balaban J connectivity index is 2.54. The Morgan fingerprint density at radius 1 is 1.25 bits per heavy atom. The lowest BCUT2D eigenvalue weighted by molar-refractivity contribution is 0.606. The lowest BCUT2D eigenvalue weighted by Gasteiger charge is -2.13. The Labute approximate surface area is 101 Å². The van der Waals surface area contributed by atoms with Gasteiger partial charge in [0.1, 0.15) is 5.82 Å². The number of aromatic nitrogens is 2. The van der Waals surface area contributed by atoms with Gasteiger partial charge in [-0.2, -0.15) is 0 Å². The molecule has 0 atom stereocenters. The van der Waals surface area contributed by atoms with Crippen molar-refractivity contribution in [3.05, 3.63) is 36.7 Å². The van der Waals surface area contributed by atoms with Crippen molar-refractivity contribution in [2.75, 3.05) is 6.26 Å². The molecular weight excluding hydrogens is 216 g/mol. The van der Waals surface area contributed by atoms with E-state index >= 15 is 0 Å². The van der Waals surface area contributed by atoms with Crippen LogP contribution >= 0.6 is 11.8 Å². The van der Waals surface area contributed by atoms with Crippen molar-refractivity contribution in [2.45, 2.75) is 24.8 Å². The molecule has 1 aromatic heterocycles. The van der Waals surface area contributed by atoms with Crippen molar-refractivity contribution in [2.24, 2.45) is 0 Å². The van der Waals surface area contributed by atoms with Gasteiger partial charge in [-0.25, -0.2) is 4.98 Å². The predicted molar refractivity (Wildman–Crippen MR) is 69.8 cm³/mol. The van der Waals surface area contributed by atoms with Crippen molar-refractivity contribution < 1.29 is 0 Å². The van der Waals surface area contributed by atoms with Crippen LogP contribution in [-0.4, -0.2) is 15.8 Å². The second kappa shape index (κ2) is 4.74. The maximum Gasteiger partial charge on any atom is 0.141 e. The highest BCUT2D eigenvalue weighted by atomic mass is 32.2. The largest absolute Gasteiger partial charge is 0.328 e. The van der Waals surface area contributed by atoms with E-state index in [1.807, 2.05) is 12.4 Å². The summed E-state index contributed by atoms with van der Waals surface area (Å²) in [6.07, 6.45) is 6.00. The highest BCUT2D eigenvalue weighted by molar-refractivity contribution is 7.98. The minimum absolute atomic E-state index is 0.437. The van der Waals surface area contributed by atoms with E-state index in [-0.39, 0.29) is 0 Å². The maximum absolute atomic E-state index is 4.47. The van der Waals surface area contributed by atoms with Gasteiger partial charge in [0.25, 0.3) is 0 Å². The molecule has 2 rings (SSSR count). The van der Waals surface area contributed by atoms with Gasteiger partial charge in [0.15, 0.2) is 0 Å². The molecule has 3 heteroatoms. The van der Waals surface area contributed by atoms with Crippen LogP contribution < -0.4 is 0 Å². The summed E-state index contributed by atoms with van der Waals surface area (Å²) in [6.45, 7) is 4.35. The van der Waals surface area contributed by atoms with Crippen LogP contribution in [0.3, 0.4) is 0 Å². The number of nitrogens with zero attached hydrogens (tertiary/aromatic N) is 2. The van der Waals surface area contributed by atoms with Crippen LogP contribution in [0.25, 0.3) is 11.4 Å². The van der Waals surface area contributed by atoms with E-state index in [0.29, 0.717) is 6.04 Å². The quantitative estimate of drug-likeness (QED) is 0.748. The Morgan fingerprint density at radius 3 is 2.69 bits per heavy atom. The second-order valence-electron chi connectivity index (χ2n) is 3.95. The minimum atomic E-state index is 0.437. The summed E-state index contributed by atoms with van der Waals surface area (Å²) in [6, 6.07) is 8.84. The lowest BCUT2D eigenvalue weighted by Crippen LogP contribution is -2.02. The van der Waals surface area contributed by atoms with Gasteiger partial charge in [-0.1, -0.05) is 18.2 Å². The van der Waals surface area contributed by atoms with E-state index in [0.717, 1.165) is 5.82 Å². The molecule has 0 aliphatic heterocycles. The number of hydrogen-bond acceptors (Lipinski definition) is 2. The molecule has 0 aliphatic rings. The topological polar surface area (TPSA) is 17.8 Å². The first-order chi connectivity index (χ1) is 7.74. The van der Waals surface area contributed by atoms with E-state index in [4.69, 9.17) is 0 Å². The monoisotopic (exact) mass is 232 g/mol. The molecule has 0 fully saturated rings. The fraction of sp³-hybridized carbons (Fsp3) is 0.308. The molecule has 0 N–H and O–H groups in total. The fourth-order valence-corrected chi connectivity index (χ4v) is 2.36. The fourth-order valence-electron chi connectivity index (χ4n) is 1.77. The number of benzene rings is 1. The molecule has 0 amide bonds. The van der Waals surface area contributed by atoms with Gasteiger partial charge in [0, 0.05) is 28.9 Å². The third-order valence-corrected chi connectivity index (χ3v) is 3.37. The lowest BCUT2D eigenvalue weighted by atomic mass is 10.2. The first kappa shape index (κ1) is 11.3. The van der Waals surface area contributed by atoms with E-state index in [1.54, 1.807) is 11.8 Å². The third kappa shape index (κ3) is 2.00. The zero-order valence-electron chi connectivity index (χ0n) is 9.84. The van der Waals surface area contributed by atoms with Gasteiger partial charge in [-0.3, -0.25) is 0 Å². The molecule has 0 bridgehead atoms. The Morgan fingerprint density at radius 2 is 2.00 bits per heavy atom. The maximum atomic E-state index is 4.47. The van der Waals surface area contributed by atoms with Crippen molar-refractivity contribution in [1.29, 1.82) is 0 Å². The highest BCUT2D eigenvalue weighted by Gasteiger charge is 2.11. The smallest absolute Gasteiger partial charge is 0.141 e. The van der Waals surface area contributed by atoms with Crippen molar-refractivity contribution >= 4 is 11.8 Å². The average molecular weight is 232 g/mol. The molecule has 1 aromatic carbocycles. The molecule has 1 heterocycles. The van der Waals surface area contributed by atoms with Gasteiger partial charge in [-0.05, 0) is 26.2 Å². The van der Waals surface area contributed by atoms with Crippen LogP contribution in [0.4, 0.5) is 0 Å². The summed E-state index contributed by atoms with van der Waals surface area (Å²) >= 11 is 1.76. The van der Waals surface area contributed by atoms with Gasteiger partial charge < -0.3 is 4.57 Å². The van der Waals surface area contributed by atoms with Gasteiger partial charge in [0.2, 0.25) is 0 Å². The van der Waals surface area contributed by atoms with Crippen LogP contribution in [0.5, 0.6) is 0 Å². The van der Waals surface area contributed by atoms with E-state index < -0.39 is 0 Å². The second-order valence-corrected chi connectivity index (χ2v) is 4.80. The number of thioether (sulfide) groups is 1. The molecule has 0 spiro atoms. The summed E-state index contributed by atoms with van der Waals surface area (Å²) in [5.74, 6) is 1.06. The van der Waals surface area contributed by atoms with Crippen LogP contribution in [0.15, 0.2) is 41.6 Å². The van der Waals surface area contributed by atoms with Crippen LogP contribution in [0.2, 0.25) is 0 Å². The first-order valence-electron chi connectivity index (χ1n) is 5.40. The molecule has 0 radical (unpaired) electrons. The van der Waals surface area contributed by atoms with Crippen molar-refractivity contribution in [1.82, 2.24) is 9.55 Å². The van der Waals surface area contributed by atoms with Crippen LogP contribution in [-0.2, 0) is 0 Å². The van der Waals surface area contributed by atoms with Gasteiger partial charge >= 0.3 is 0 Å². The molecule has 0 saturated heterocycles. The zero-order valence-corrected chi connectivity index (χ0v) is 10.7. The van der Waals surface area contributed by atoms with Crippen molar-refractivity contribution in [3.8, 4) is 11.4 Å². The molecule has 84 valence electrons. The standard InChI is InChI=1S/C13H16N2S/c1-10(2)15-9-8-14-13(15)11-6-4-5-7-12(11)16-3/h4-10H,1-3H3. The average Bonchev–Trinajstić information content (AvgIpc) is 2.77. The molecule has 0 saturated carbocycles. The summed E-state index contributed by atoms with van der Waals surface area (Å²) in [5.41, 5.74) is 1.22. The van der Waals surface area contributed by atoms with Gasteiger partial charge in [0.05, 0.1) is 0 Å². The Hall–Kier alpha value is -1.22. The van der Waals surface area contributed by atoms with E-state index in [2.05, 4.69) is 53.9 Å². The van der Waals surface area contributed by atoms with Gasteiger partial charge in [-0.15, -0.1) is 11.8 Å². The van der Waals surface area contributed by atoms with Crippen LogP contribution in [0, 0.1) is 0 Å². The molecule has 2 aromatic rings. The van der Waals surface area contributed by atoms with E-state index in [1.165, 1.54) is 10.5 Å². The summed E-state index contributed by atoms with van der Waals surface area (Å²) in [5, 5.41) is 0. The third-order valence-electron chi connectivity index (χ3n) is 2.57. The van der Waals surface area contributed by atoms with E-state index in [9.17, 15) is 0 Å². The summed E-state index contributed by atoms with van der Waals surface area (Å²) < 4.78 is 2.20. The first-order valence-corrected chi connectivity index (χ1v) is 6.62. The number of rotatable bonds is 3. The summed E-state index contributed by atoms with van der Waals surface area (Å²) in [4.78, 5) is 5.74. The molecule has 2 nitrogen and oxygen atoms in total. The highest BCUT2D eigenvalue weighted by Crippen LogP contribution is 2.30. The number of hydrogen-bond donors (Lipinski definition) is 0. The molecule has 0 unspecified atom stereocenters. The zero-order chi connectivity index (χ0) is 11.5. The molecule has 0 aliphatic carbocycles. The summed E-state index contributed by atoms with van der Waals surface area (Å²) in [7, 11) is 0. The normalized spacial score (nSPS) is 11.0. The molecule has 16 heavy (non-hydrogen) atoms.